The van der Waals surface area contributed by atoms with Gasteiger partial charge in [-0.3, -0.25) is 4.79 Å². The predicted octanol–water partition coefficient (Wildman–Crippen LogP) is 2.20. The van der Waals surface area contributed by atoms with Gasteiger partial charge in [0.1, 0.15) is 17.7 Å². The zero-order chi connectivity index (χ0) is 19.3. The highest BCUT2D eigenvalue weighted by Gasteiger charge is 2.38. The van der Waals surface area contributed by atoms with Crippen LogP contribution in [0.5, 0.6) is 0 Å². The average Bonchev–Trinajstić information content (AvgIpc) is 3.02. The molecule has 2 amide bonds. The number of amides is 2. The third-order valence-electron chi connectivity index (χ3n) is 4.09. The monoisotopic (exact) mass is 362 g/mol. The van der Waals surface area contributed by atoms with Crippen LogP contribution in [-0.2, 0) is 20.7 Å². The van der Waals surface area contributed by atoms with Crippen molar-refractivity contribution in [2.75, 3.05) is 6.54 Å². The molecule has 2 rings (SSSR count). The SMILES string of the molecule is CC(C)(C)OC(=O)NC(Cc1ccccc1)C(=O)N1CCC[C@H]1C(=O)O. The van der Waals surface area contributed by atoms with Gasteiger partial charge < -0.3 is 20.1 Å². The molecular formula is C19H26N2O5. The van der Waals surface area contributed by atoms with E-state index < -0.39 is 35.7 Å². The van der Waals surface area contributed by atoms with Gasteiger partial charge in [0.2, 0.25) is 5.91 Å². The zero-order valence-electron chi connectivity index (χ0n) is 15.4. The van der Waals surface area contributed by atoms with E-state index in [9.17, 15) is 19.5 Å². The summed E-state index contributed by atoms with van der Waals surface area (Å²) >= 11 is 0. The van der Waals surface area contributed by atoms with Crippen molar-refractivity contribution >= 4 is 18.0 Å². The first kappa shape index (κ1) is 19.8. The summed E-state index contributed by atoms with van der Waals surface area (Å²) in [6.45, 7) is 5.59. The number of carboxylic acids is 1. The standard InChI is InChI=1S/C19H26N2O5/c1-19(2,3)26-18(25)20-14(12-13-8-5-4-6-9-13)16(22)21-11-7-10-15(21)17(23)24/h4-6,8-9,14-15H,7,10-12H2,1-3H3,(H,20,25)(H,23,24)/t14?,15-/m0/s1. The Morgan fingerprint density at radius 3 is 2.50 bits per heavy atom. The van der Waals surface area contributed by atoms with Crippen molar-refractivity contribution in [2.24, 2.45) is 0 Å². The minimum absolute atomic E-state index is 0.266. The molecule has 1 aliphatic heterocycles. The number of carboxylic acid groups (broad SMARTS) is 1. The summed E-state index contributed by atoms with van der Waals surface area (Å²) in [7, 11) is 0. The van der Waals surface area contributed by atoms with Crippen LogP contribution in [-0.4, -0.2) is 52.2 Å². The lowest BCUT2D eigenvalue weighted by molar-refractivity contribution is -0.149. The molecule has 1 aromatic rings. The Bertz CT molecular complexity index is 654. The van der Waals surface area contributed by atoms with E-state index in [0.717, 1.165) is 5.56 Å². The predicted molar refractivity (Wildman–Crippen MR) is 95.7 cm³/mol. The summed E-state index contributed by atoms with van der Waals surface area (Å²) in [5.74, 6) is -1.42. The molecular weight excluding hydrogens is 336 g/mol. The van der Waals surface area contributed by atoms with E-state index in [4.69, 9.17) is 4.74 Å². The molecule has 1 aromatic carbocycles. The molecule has 1 aliphatic rings. The lowest BCUT2D eigenvalue weighted by atomic mass is 10.0. The first-order chi connectivity index (χ1) is 12.2. The minimum atomic E-state index is -1.02. The topological polar surface area (TPSA) is 95.9 Å². The number of aliphatic carboxylic acids is 1. The van der Waals surface area contributed by atoms with Gasteiger partial charge in [-0.25, -0.2) is 9.59 Å². The highest BCUT2D eigenvalue weighted by molar-refractivity contribution is 5.90. The van der Waals surface area contributed by atoms with Crippen LogP contribution in [0.1, 0.15) is 39.2 Å². The highest BCUT2D eigenvalue weighted by Crippen LogP contribution is 2.20. The normalized spacial score (nSPS) is 18.3. The lowest BCUT2D eigenvalue weighted by Gasteiger charge is -2.28. The minimum Gasteiger partial charge on any atom is -0.480 e. The van der Waals surface area contributed by atoms with Gasteiger partial charge in [-0.05, 0) is 39.2 Å². The van der Waals surface area contributed by atoms with Crippen molar-refractivity contribution in [1.82, 2.24) is 10.2 Å². The molecule has 2 N–H and O–H groups in total. The first-order valence-corrected chi connectivity index (χ1v) is 8.74. The van der Waals surface area contributed by atoms with Crippen LogP contribution in [0.2, 0.25) is 0 Å². The van der Waals surface area contributed by atoms with Gasteiger partial charge in [0.05, 0.1) is 0 Å². The second-order valence-electron chi connectivity index (χ2n) is 7.42. The van der Waals surface area contributed by atoms with Crippen molar-refractivity contribution < 1.29 is 24.2 Å². The van der Waals surface area contributed by atoms with Crippen LogP contribution in [0.25, 0.3) is 0 Å². The molecule has 7 heteroatoms. The highest BCUT2D eigenvalue weighted by atomic mass is 16.6. The number of rotatable bonds is 5. The van der Waals surface area contributed by atoms with Crippen LogP contribution in [0.3, 0.4) is 0 Å². The number of nitrogens with zero attached hydrogens (tertiary/aromatic N) is 1. The third-order valence-corrected chi connectivity index (χ3v) is 4.09. The van der Waals surface area contributed by atoms with Gasteiger partial charge in [-0.2, -0.15) is 0 Å². The number of likely N-dealkylation sites (tertiary alicyclic amines) is 1. The fourth-order valence-corrected chi connectivity index (χ4v) is 2.99. The summed E-state index contributed by atoms with van der Waals surface area (Å²) in [5, 5.41) is 11.9. The van der Waals surface area contributed by atoms with E-state index in [-0.39, 0.29) is 6.42 Å². The smallest absolute Gasteiger partial charge is 0.408 e. The summed E-state index contributed by atoms with van der Waals surface area (Å²) in [4.78, 5) is 37.9. The molecule has 7 nitrogen and oxygen atoms in total. The van der Waals surface area contributed by atoms with Crippen LogP contribution in [0.15, 0.2) is 30.3 Å². The van der Waals surface area contributed by atoms with E-state index in [1.807, 2.05) is 30.3 Å². The van der Waals surface area contributed by atoms with Gasteiger partial charge in [0.25, 0.3) is 0 Å². The lowest BCUT2D eigenvalue weighted by Crippen LogP contribution is -2.53. The third kappa shape index (κ3) is 5.47. The summed E-state index contributed by atoms with van der Waals surface area (Å²) in [6, 6.07) is 7.54. The number of carbonyl (C=O) groups excluding carboxylic acids is 2. The van der Waals surface area contributed by atoms with E-state index in [2.05, 4.69) is 5.32 Å². The van der Waals surface area contributed by atoms with Crippen LogP contribution < -0.4 is 5.32 Å². The molecule has 0 aliphatic carbocycles. The van der Waals surface area contributed by atoms with Gasteiger partial charge >= 0.3 is 12.1 Å². The summed E-state index contributed by atoms with van der Waals surface area (Å²) in [6.07, 6.45) is 0.624. The number of nitrogens with one attached hydrogen (secondary N) is 1. The first-order valence-electron chi connectivity index (χ1n) is 8.74. The second kappa shape index (κ2) is 8.21. The van der Waals surface area contributed by atoms with Gasteiger partial charge in [0, 0.05) is 13.0 Å². The quantitative estimate of drug-likeness (QED) is 0.837. The Kier molecular flexibility index (Phi) is 6.23. The van der Waals surface area contributed by atoms with Crippen molar-refractivity contribution in [1.29, 1.82) is 0 Å². The molecule has 1 heterocycles. The van der Waals surface area contributed by atoms with Crippen molar-refractivity contribution in [3.8, 4) is 0 Å². The molecule has 0 saturated carbocycles. The Morgan fingerprint density at radius 2 is 1.92 bits per heavy atom. The van der Waals surface area contributed by atoms with Gasteiger partial charge in [-0.15, -0.1) is 0 Å². The number of benzene rings is 1. The van der Waals surface area contributed by atoms with Crippen molar-refractivity contribution in [3.05, 3.63) is 35.9 Å². The molecule has 142 valence electrons. The van der Waals surface area contributed by atoms with Gasteiger partial charge in [-0.1, -0.05) is 30.3 Å². The van der Waals surface area contributed by atoms with Crippen LogP contribution >= 0.6 is 0 Å². The maximum Gasteiger partial charge on any atom is 0.408 e. The fourth-order valence-electron chi connectivity index (χ4n) is 2.99. The molecule has 1 saturated heterocycles. The fraction of sp³-hybridized carbons (Fsp3) is 0.526. The van der Waals surface area contributed by atoms with E-state index in [0.29, 0.717) is 19.4 Å². The molecule has 0 bridgehead atoms. The van der Waals surface area contributed by atoms with Crippen molar-refractivity contribution in [3.63, 3.8) is 0 Å². The van der Waals surface area contributed by atoms with Gasteiger partial charge in [0.15, 0.2) is 0 Å². The Labute approximate surface area is 153 Å². The van der Waals surface area contributed by atoms with E-state index in [1.165, 1.54) is 4.90 Å². The summed E-state index contributed by atoms with van der Waals surface area (Å²) < 4.78 is 5.26. The maximum atomic E-state index is 13.0. The zero-order valence-corrected chi connectivity index (χ0v) is 15.4. The molecule has 0 radical (unpaired) electrons. The number of carbonyl (C=O) groups is 3. The number of hydrogen-bond donors (Lipinski definition) is 2. The number of ether oxygens (including phenoxy) is 1. The maximum absolute atomic E-state index is 13.0. The van der Waals surface area contributed by atoms with Crippen LogP contribution in [0.4, 0.5) is 4.79 Å². The van der Waals surface area contributed by atoms with Crippen molar-refractivity contribution in [2.45, 2.75) is 57.7 Å². The number of hydrogen-bond acceptors (Lipinski definition) is 4. The van der Waals surface area contributed by atoms with E-state index in [1.54, 1.807) is 20.8 Å². The van der Waals surface area contributed by atoms with E-state index >= 15 is 0 Å². The second-order valence-corrected chi connectivity index (χ2v) is 7.42. The Hall–Kier alpha value is -2.57. The molecule has 0 aromatic heterocycles. The Morgan fingerprint density at radius 1 is 1.27 bits per heavy atom. The average molecular weight is 362 g/mol. The molecule has 2 atom stereocenters. The Balaban J connectivity index is 2.17. The number of alkyl carbamates (subject to hydrolysis) is 1. The molecule has 26 heavy (non-hydrogen) atoms. The molecule has 1 unspecified atom stereocenters. The molecule has 0 spiro atoms. The molecule has 1 fully saturated rings. The summed E-state index contributed by atoms with van der Waals surface area (Å²) in [5.41, 5.74) is 0.176. The van der Waals surface area contributed by atoms with Crippen LogP contribution in [0, 0.1) is 0 Å². The largest absolute Gasteiger partial charge is 0.480 e.